The van der Waals surface area contributed by atoms with Gasteiger partial charge < -0.3 is 4.74 Å². The minimum Gasteiger partial charge on any atom is -0.489 e. The first kappa shape index (κ1) is 19.9. The maximum Gasteiger partial charge on any atom is 0.132 e. The largest absolute Gasteiger partial charge is 0.489 e. The molecule has 27 heavy (non-hydrogen) atoms. The van der Waals surface area contributed by atoms with Gasteiger partial charge in [-0.2, -0.15) is 0 Å². The smallest absolute Gasteiger partial charge is 0.132 e. The first-order valence-corrected chi connectivity index (χ1v) is 10.4. The van der Waals surface area contributed by atoms with E-state index in [1.165, 1.54) is 29.5 Å². The fourth-order valence-electron chi connectivity index (χ4n) is 3.59. The van der Waals surface area contributed by atoms with Crippen molar-refractivity contribution in [3.8, 4) is 5.75 Å². The van der Waals surface area contributed by atoms with Gasteiger partial charge in [0.2, 0.25) is 0 Å². The molecule has 0 amide bonds. The van der Waals surface area contributed by atoms with Crippen molar-refractivity contribution < 1.29 is 9.53 Å². The Hall–Kier alpha value is -1.80. The Balaban J connectivity index is 1.82. The normalized spacial score (nSPS) is 13.6. The summed E-state index contributed by atoms with van der Waals surface area (Å²) in [6.07, 6.45) is 5.42. The van der Waals surface area contributed by atoms with Crippen LogP contribution in [0.4, 0.5) is 0 Å². The van der Waals surface area contributed by atoms with Crippen molar-refractivity contribution >= 4 is 17.4 Å². The van der Waals surface area contributed by atoms with Gasteiger partial charge >= 0.3 is 0 Å². The third-order valence-electron chi connectivity index (χ3n) is 5.49. The van der Waals surface area contributed by atoms with E-state index in [1.807, 2.05) is 13.0 Å². The summed E-state index contributed by atoms with van der Waals surface area (Å²) in [5.41, 5.74) is 6.17. The molecule has 0 radical (unpaired) electrons. The lowest BCUT2D eigenvalue weighted by atomic mass is 9.94. The minimum absolute atomic E-state index is 0.316. The standard InChI is InChI=1S/C24H29ClO2/c1-4-17-13-16(3)24(14-23(17)25)27-15-22-18(11-12-20(26)5-2)7-6-8-21(22)19-9-10-19/h6-8,13-14,19H,4-5,9-12,15H2,1-3H3. The first-order chi connectivity index (χ1) is 13.0. The van der Waals surface area contributed by atoms with Gasteiger partial charge in [0.1, 0.15) is 18.1 Å². The van der Waals surface area contributed by atoms with Gasteiger partial charge in [-0.15, -0.1) is 0 Å². The maximum absolute atomic E-state index is 11.8. The van der Waals surface area contributed by atoms with Crippen LogP contribution in [0.3, 0.4) is 0 Å². The third kappa shape index (κ3) is 4.93. The van der Waals surface area contributed by atoms with Gasteiger partial charge in [0.15, 0.2) is 0 Å². The highest BCUT2D eigenvalue weighted by Crippen LogP contribution is 2.43. The number of hydrogen-bond donors (Lipinski definition) is 0. The molecule has 0 atom stereocenters. The molecule has 0 bridgehead atoms. The quantitative estimate of drug-likeness (QED) is 0.488. The van der Waals surface area contributed by atoms with Gasteiger partial charge in [-0.3, -0.25) is 4.79 Å². The van der Waals surface area contributed by atoms with Crippen molar-refractivity contribution in [3.63, 3.8) is 0 Å². The van der Waals surface area contributed by atoms with Crippen molar-refractivity contribution in [2.45, 2.75) is 71.8 Å². The molecule has 2 aromatic rings. The summed E-state index contributed by atoms with van der Waals surface area (Å²) < 4.78 is 6.23. The zero-order valence-electron chi connectivity index (χ0n) is 16.6. The van der Waals surface area contributed by atoms with Gasteiger partial charge in [-0.05, 0) is 72.4 Å². The topological polar surface area (TPSA) is 26.3 Å². The van der Waals surface area contributed by atoms with Crippen LogP contribution in [0.1, 0.15) is 73.3 Å². The van der Waals surface area contributed by atoms with Gasteiger partial charge in [-0.1, -0.05) is 49.7 Å². The molecule has 0 heterocycles. The summed E-state index contributed by atoms with van der Waals surface area (Å²) >= 11 is 6.39. The fraction of sp³-hybridized carbons (Fsp3) is 0.458. The summed E-state index contributed by atoms with van der Waals surface area (Å²) in [6, 6.07) is 10.6. The van der Waals surface area contributed by atoms with Crippen LogP contribution >= 0.6 is 11.6 Å². The monoisotopic (exact) mass is 384 g/mol. The Morgan fingerprint density at radius 2 is 1.96 bits per heavy atom. The number of hydrogen-bond acceptors (Lipinski definition) is 2. The van der Waals surface area contributed by atoms with Crippen LogP contribution < -0.4 is 4.74 Å². The van der Waals surface area contributed by atoms with Gasteiger partial charge in [0, 0.05) is 17.9 Å². The van der Waals surface area contributed by atoms with Crippen LogP contribution in [0.15, 0.2) is 30.3 Å². The molecule has 144 valence electrons. The molecule has 0 spiro atoms. The molecule has 0 aromatic heterocycles. The maximum atomic E-state index is 11.8. The molecule has 3 heteroatoms. The van der Waals surface area contributed by atoms with E-state index in [-0.39, 0.29) is 0 Å². The van der Waals surface area contributed by atoms with Crippen molar-refractivity contribution in [1.29, 1.82) is 0 Å². The van der Waals surface area contributed by atoms with Crippen LogP contribution in [0.5, 0.6) is 5.75 Å². The molecule has 2 aromatic carbocycles. The van der Waals surface area contributed by atoms with Gasteiger partial charge in [0.25, 0.3) is 0 Å². The third-order valence-corrected chi connectivity index (χ3v) is 5.84. The lowest BCUT2D eigenvalue weighted by Crippen LogP contribution is -2.07. The van der Waals surface area contributed by atoms with E-state index in [0.29, 0.717) is 31.1 Å². The van der Waals surface area contributed by atoms with Crippen LogP contribution in [0, 0.1) is 6.92 Å². The van der Waals surface area contributed by atoms with Crippen LogP contribution in [0.25, 0.3) is 0 Å². The number of benzene rings is 2. The summed E-state index contributed by atoms with van der Waals surface area (Å²) in [4.78, 5) is 11.8. The van der Waals surface area contributed by atoms with E-state index in [1.54, 1.807) is 0 Å². The predicted octanol–water partition coefficient (Wildman–Crippen LogP) is 6.58. The number of halogens is 1. The Morgan fingerprint density at radius 3 is 2.63 bits per heavy atom. The molecule has 1 fully saturated rings. The number of ketones is 1. The van der Waals surface area contributed by atoms with E-state index in [2.05, 4.69) is 38.1 Å². The molecule has 0 aliphatic heterocycles. The minimum atomic E-state index is 0.316. The number of Topliss-reactive ketones (excluding diaryl/α,β-unsaturated/α-hetero) is 1. The number of rotatable bonds is 9. The second-order valence-corrected chi connectivity index (χ2v) is 7.91. The lowest BCUT2D eigenvalue weighted by molar-refractivity contribution is -0.118. The lowest BCUT2D eigenvalue weighted by Gasteiger charge is -2.17. The molecule has 0 saturated heterocycles. The zero-order valence-corrected chi connectivity index (χ0v) is 17.4. The molecule has 1 aliphatic carbocycles. The predicted molar refractivity (Wildman–Crippen MR) is 112 cm³/mol. The van der Waals surface area contributed by atoms with Crippen molar-refractivity contribution in [3.05, 3.63) is 63.2 Å². The highest BCUT2D eigenvalue weighted by atomic mass is 35.5. The summed E-state index contributed by atoms with van der Waals surface area (Å²) in [6.45, 7) is 6.64. The molecule has 1 aliphatic rings. The second-order valence-electron chi connectivity index (χ2n) is 7.50. The number of carbonyl (C=O) groups excluding carboxylic acids is 1. The van der Waals surface area contributed by atoms with Crippen LogP contribution in [0.2, 0.25) is 5.02 Å². The Labute approximate surface area is 167 Å². The van der Waals surface area contributed by atoms with Crippen LogP contribution in [-0.4, -0.2) is 5.78 Å². The molecule has 2 nitrogen and oxygen atoms in total. The number of carbonyl (C=O) groups is 1. The molecular formula is C24H29ClO2. The molecule has 1 saturated carbocycles. The highest BCUT2D eigenvalue weighted by molar-refractivity contribution is 6.31. The first-order valence-electron chi connectivity index (χ1n) is 10.1. The fourth-order valence-corrected chi connectivity index (χ4v) is 3.88. The van der Waals surface area contributed by atoms with E-state index >= 15 is 0 Å². The zero-order chi connectivity index (χ0) is 19.4. The van der Waals surface area contributed by atoms with E-state index in [0.717, 1.165) is 34.7 Å². The summed E-state index contributed by atoms with van der Waals surface area (Å²) in [7, 11) is 0. The van der Waals surface area contributed by atoms with Crippen molar-refractivity contribution in [1.82, 2.24) is 0 Å². The average Bonchev–Trinajstić information content (AvgIpc) is 3.51. The van der Waals surface area contributed by atoms with Gasteiger partial charge in [0.05, 0.1) is 0 Å². The van der Waals surface area contributed by atoms with Crippen molar-refractivity contribution in [2.75, 3.05) is 0 Å². The molecule has 3 rings (SSSR count). The number of ether oxygens (including phenoxy) is 1. The number of aryl methyl sites for hydroxylation is 3. The Kier molecular flexibility index (Phi) is 6.59. The average molecular weight is 385 g/mol. The van der Waals surface area contributed by atoms with E-state index in [9.17, 15) is 4.79 Å². The second kappa shape index (κ2) is 8.93. The van der Waals surface area contributed by atoms with E-state index < -0.39 is 0 Å². The van der Waals surface area contributed by atoms with E-state index in [4.69, 9.17) is 16.3 Å². The Bertz CT molecular complexity index is 821. The highest BCUT2D eigenvalue weighted by Gasteiger charge is 2.27. The SMILES string of the molecule is CCC(=O)CCc1cccc(C2CC2)c1COc1cc(Cl)c(CC)cc1C. The van der Waals surface area contributed by atoms with Crippen molar-refractivity contribution in [2.24, 2.45) is 0 Å². The molecule has 0 N–H and O–H groups in total. The molecular weight excluding hydrogens is 356 g/mol. The summed E-state index contributed by atoms with van der Waals surface area (Å²) in [5.74, 6) is 1.81. The van der Waals surface area contributed by atoms with Crippen LogP contribution in [-0.2, 0) is 24.2 Å². The van der Waals surface area contributed by atoms with Gasteiger partial charge in [-0.25, -0.2) is 0 Å². The summed E-state index contributed by atoms with van der Waals surface area (Å²) in [5, 5.41) is 0.766. The molecule has 0 unspecified atom stereocenters. The Morgan fingerprint density at radius 1 is 1.19 bits per heavy atom.